The fourth-order valence-corrected chi connectivity index (χ4v) is 6.34. The van der Waals surface area contributed by atoms with Crippen LogP contribution in [0.4, 0.5) is 5.88 Å². The summed E-state index contributed by atoms with van der Waals surface area (Å²) in [5.74, 6) is 2.27. The number of furan rings is 2. The van der Waals surface area contributed by atoms with Gasteiger partial charge < -0.3 is 19.5 Å². The van der Waals surface area contributed by atoms with Crippen LogP contribution in [0, 0.1) is 0 Å². The van der Waals surface area contributed by atoms with E-state index in [-0.39, 0.29) is 0 Å². The summed E-state index contributed by atoms with van der Waals surface area (Å²) in [4.78, 5) is 10.5. The highest BCUT2D eigenvalue weighted by atomic mass is 16.4. The van der Waals surface area contributed by atoms with E-state index in [9.17, 15) is 0 Å². The van der Waals surface area contributed by atoms with Crippen LogP contribution < -0.4 is 10.6 Å². The van der Waals surface area contributed by atoms with Gasteiger partial charge in [0.05, 0.1) is 5.56 Å². The molecule has 2 aliphatic rings. The molecule has 1 unspecified atom stereocenters. The van der Waals surface area contributed by atoms with Gasteiger partial charge >= 0.3 is 0 Å². The number of benzene rings is 5. The SMILES string of the molecule is C1=C(C2=NC(c3cccc4oc5ccccc5c34)N=C(c3ccc(-c4ccccc4)cc3)N2)c2c(oc3ccccc23)NC1. The molecule has 210 valence electrons. The van der Waals surface area contributed by atoms with Crippen LogP contribution in [-0.2, 0) is 0 Å². The van der Waals surface area contributed by atoms with Gasteiger partial charge in [0.15, 0.2) is 6.17 Å². The minimum absolute atomic E-state index is 0.489. The number of para-hydroxylation sites is 2. The molecule has 0 aliphatic carbocycles. The average molecular weight is 571 g/mol. The zero-order valence-electron chi connectivity index (χ0n) is 23.6. The molecule has 9 rings (SSSR count). The third kappa shape index (κ3) is 3.96. The zero-order valence-corrected chi connectivity index (χ0v) is 23.6. The van der Waals surface area contributed by atoms with E-state index in [0.29, 0.717) is 6.54 Å². The van der Waals surface area contributed by atoms with E-state index in [4.69, 9.17) is 18.8 Å². The molecule has 5 aromatic carbocycles. The van der Waals surface area contributed by atoms with Gasteiger partial charge in [0, 0.05) is 39.4 Å². The minimum Gasteiger partial charge on any atom is -0.456 e. The molecule has 0 saturated heterocycles. The molecule has 44 heavy (non-hydrogen) atoms. The summed E-state index contributed by atoms with van der Waals surface area (Å²) < 4.78 is 12.4. The Morgan fingerprint density at radius 1 is 0.568 bits per heavy atom. The second-order valence-electron chi connectivity index (χ2n) is 11.0. The van der Waals surface area contributed by atoms with Crippen LogP contribution in [0.1, 0.15) is 22.9 Å². The molecule has 2 N–H and O–H groups in total. The lowest BCUT2D eigenvalue weighted by atomic mass is 9.98. The standard InChI is InChI=1S/C38H26N4O2/c1-2-9-23(10-3-1)24-17-19-25(20-18-24)35-40-36(28-13-8-16-32-33(28)26-11-4-6-14-30(26)43-32)42-37(41-35)29-21-22-39-38-34(29)27-12-5-7-15-31(27)44-38/h1-21,36,39H,22H2,(H,40,41,42). The summed E-state index contributed by atoms with van der Waals surface area (Å²) in [6, 6.07) is 41.3. The van der Waals surface area contributed by atoms with Gasteiger partial charge in [-0.2, -0.15) is 0 Å². The summed E-state index contributed by atoms with van der Waals surface area (Å²) >= 11 is 0. The monoisotopic (exact) mass is 570 g/mol. The van der Waals surface area contributed by atoms with E-state index < -0.39 is 6.17 Å². The quantitative estimate of drug-likeness (QED) is 0.222. The Morgan fingerprint density at radius 2 is 1.23 bits per heavy atom. The molecule has 6 nitrogen and oxygen atoms in total. The fourth-order valence-electron chi connectivity index (χ4n) is 6.34. The van der Waals surface area contributed by atoms with Crippen molar-refractivity contribution in [3.63, 3.8) is 0 Å². The lowest BCUT2D eigenvalue weighted by molar-refractivity contribution is 0.627. The molecule has 2 aromatic heterocycles. The van der Waals surface area contributed by atoms with Gasteiger partial charge in [0.2, 0.25) is 5.88 Å². The summed E-state index contributed by atoms with van der Waals surface area (Å²) in [6.07, 6.45) is 1.68. The second-order valence-corrected chi connectivity index (χ2v) is 11.0. The Kier molecular flexibility index (Phi) is 5.53. The van der Waals surface area contributed by atoms with E-state index in [1.807, 2.05) is 54.6 Å². The maximum atomic E-state index is 6.23. The summed E-state index contributed by atoms with van der Waals surface area (Å²) in [5.41, 5.74) is 8.82. The van der Waals surface area contributed by atoms with Crippen LogP contribution in [0.15, 0.2) is 146 Å². The van der Waals surface area contributed by atoms with Crippen LogP contribution in [0.2, 0.25) is 0 Å². The Morgan fingerprint density at radius 3 is 2.07 bits per heavy atom. The molecule has 4 heterocycles. The Bertz CT molecular complexity index is 2310. The highest BCUT2D eigenvalue weighted by molar-refractivity contribution is 6.32. The summed E-state index contributed by atoms with van der Waals surface area (Å²) in [6.45, 7) is 0.633. The fraction of sp³-hybridized carbons (Fsp3) is 0.0526. The first-order valence-corrected chi connectivity index (χ1v) is 14.8. The third-order valence-corrected chi connectivity index (χ3v) is 8.41. The molecule has 1 atom stereocenters. The lowest BCUT2D eigenvalue weighted by Crippen LogP contribution is -2.36. The van der Waals surface area contributed by atoms with Gasteiger partial charge in [-0.25, -0.2) is 9.98 Å². The molecule has 2 aliphatic heterocycles. The first kappa shape index (κ1) is 24.7. The number of fused-ring (bicyclic) bond motifs is 6. The normalized spacial score (nSPS) is 16.2. The predicted octanol–water partition coefficient (Wildman–Crippen LogP) is 8.96. The van der Waals surface area contributed by atoms with E-state index in [1.165, 1.54) is 5.56 Å². The van der Waals surface area contributed by atoms with Crippen LogP contribution in [-0.4, -0.2) is 18.2 Å². The predicted molar refractivity (Wildman–Crippen MR) is 178 cm³/mol. The van der Waals surface area contributed by atoms with Gasteiger partial charge in [-0.3, -0.25) is 0 Å². The Labute approximate surface area is 253 Å². The van der Waals surface area contributed by atoms with Gasteiger partial charge in [-0.05, 0) is 29.3 Å². The Balaban J connectivity index is 1.21. The maximum Gasteiger partial charge on any atom is 0.202 e. The molecule has 0 fully saturated rings. The van der Waals surface area contributed by atoms with Crippen LogP contribution >= 0.6 is 0 Å². The van der Waals surface area contributed by atoms with Crippen LogP contribution in [0.3, 0.4) is 0 Å². The summed E-state index contributed by atoms with van der Waals surface area (Å²) in [7, 11) is 0. The van der Waals surface area contributed by atoms with Crippen molar-refractivity contribution in [2.24, 2.45) is 9.98 Å². The Hall–Kier alpha value is -5.88. The average Bonchev–Trinajstić information content (AvgIpc) is 3.67. The highest BCUT2D eigenvalue weighted by Crippen LogP contribution is 2.41. The molecule has 6 heteroatoms. The number of aliphatic imine (C=N–C) groups is 2. The lowest BCUT2D eigenvalue weighted by Gasteiger charge is -2.25. The van der Waals surface area contributed by atoms with Crippen molar-refractivity contribution in [2.75, 3.05) is 11.9 Å². The topological polar surface area (TPSA) is 75.1 Å². The van der Waals surface area contributed by atoms with Gasteiger partial charge in [-0.1, -0.05) is 109 Å². The second kappa shape index (κ2) is 9.85. The van der Waals surface area contributed by atoms with Crippen molar-refractivity contribution in [3.8, 4) is 11.1 Å². The van der Waals surface area contributed by atoms with Crippen LogP contribution in [0.25, 0.3) is 49.6 Å². The number of nitrogens with zero attached hydrogens (tertiary/aromatic N) is 2. The molecule has 0 radical (unpaired) electrons. The molecular weight excluding hydrogens is 544 g/mol. The number of rotatable bonds is 4. The molecular formula is C38H26N4O2. The van der Waals surface area contributed by atoms with Crippen molar-refractivity contribution < 1.29 is 8.83 Å². The number of nitrogens with one attached hydrogen (secondary N) is 2. The van der Waals surface area contributed by atoms with Crippen LogP contribution in [0.5, 0.6) is 0 Å². The first-order valence-electron chi connectivity index (χ1n) is 14.8. The number of hydrogen-bond acceptors (Lipinski definition) is 6. The van der Waals surface area contributed by atoms with E-state index in [0.717, 1.165) is 78.3 Å². The molecule has 0 saturated carbocycles. The van der Waals surface area contributed by atoms with E-state index >= 15 is 0 Å². The van der Waals surface area contributed by atoms with Crippen molar-refractivity contribution in [1.29, 1.82) is 0 Å². The van der Waals surface area contributed by atoms with Crippen molar-refractivity contribution >= 4 is 56.0 Å². The number of anilines is 1. The van der Waals surface area contributed by atoms with Gasteiger partial charge in [0.1, 0.15) is 28.4 Å². The van der Waals surface area contributed by atoms with E-state index in [1.54, 1.807) is 0 Å². The van der Waals surface area contributed by atoms with Crippen molar-refractivity contribution in [2.45, 2.75) is 6.17 Å². The van der Waals surface area contributed by atoms with Crippen molar-refractivity contribution in [3.05, 3.63) is 144 Å². The van der Waals surface area contributed by atoms with Crippen molar-refractivity contribution in [1.82, 2.24) is 5.32 Å². The maximum absolute atomic E-state index is 6.23. The zero-order chi connectivity index (χ0) is 29.0. The molecule has 7 aromatic rings. The minimum atomic E-state index is -0.489. The molecule has 0 amide bonds. The first-order chi connectivity index (χ1) is 21.8. The van der Waals surface area contributed by atoms with Gasteiger partial charge in [-0.15, -0.1) is 0 Å². The summed E-state index contributed by atoms with van der Waals surface area (Å²) in [5, 5.41) is 10.1. The molecule has 0 bridgehead atoms. The number of hydrogen-bond donors (Lipinski definition) is 2. The van der Waals surface area contributed by atoms with E-state index in [2.05, 4.69) is 83.4 Å². The molecule has 0 spiro atoms. The smallest absolute Gasteiger partial charge is 0.202 e. The third-order valence-electron chi connectivity index (χ3n) is 8.41. The number of amidine groups is 2. The largest absolute Gasteiger partial charge is 0.456 e. The van der Waals surface area contributed by atoms with Gasteiger partial charge in [0.25, 0.3) is 0 Å². The highest BCUT2D eigenvalue weighted by Gasteiger charge is 2.29.